The molecule has 1 heterocycles. The van der Waals surface area contributed by atoms with Crippen molar-refractivity contribution in [1.29, 1.82) is 0 Å². The van der Waals surface area contributed by atoms with E-state index in [1.165, 1.54) is 0 Å². The molecule has 0 unspecified atom stereocenters. The van der Waals surface area contributed by atoms with Crippen LogP contribution in [0, 0.1) is 0 Å². The van der Waals surface area contributed by atoms with Crippen LogP contribution in [0.1, 0.15) is 30.9 Å². The Morgan fingerprint density at radius 3 is 2.57 bits per heavy atom. The van der Waals surface area contributed by atoms with Crippen LogP contribution < -0.4 is 4.66 Å². The third-order valence-corrected chi connectivity index (χ3v) is 3.53. The van der Waals surface area contributed by atoms with Gasteiger partial charge in [-0.05, 0) is 0 Å². The van der Waals surface area contributed by atoms with Crippen LogP contribution in [0.3, 0.4) is 0 Å². The van der Waals surface area contributed by atoms with E-state index in [0.717, 1.165) is 0 Å². The summed E-state index contributed by atoms with van der Waals surface area (Å²) in [4.78, 5) is 3.66. The first-order valence-electron chi connectivity index (χ1n) is 4.12. The minimum absolute atomic E-state index is 0.0616. The van der Waals surface area contributed by atoms with Gasteiger partial charge in [0.05, 0.1) is 0 Å². The fourth-order valence-corrected chi connectivity index (χ4v) is 2.20. The molecule has 1 saturated carbocycles. The van der Waals surface area contributed by atoms with Crippen LogP contribution in [0.5, 0.6) is 0 Å². The second-order valence-electron chi connectivity index (χ2n) is 3.23. The van der Waals surface area contributed by atoms with E-state index in [1.54, 1.807) is 5.82 Å². The molecule has 78 valence electrons. The van der Waals surface area contributed by atoms with E-state index in [0.29, 0.717) is 12.8 Å². The van der Waals surface area contributed by atoms with Crippen molar-refractivity contribution in [2.24, 2.45) is 0 Å². The number of halogens is 2. The first-order chi connectivity index (χ1) is 6.57. The summed E-state index contributed by atoms with van der Waals surface area (Å²) >= 11 is -0.164. The molecule has 1 fully saturated rings. The van der Waals surface area contributed by atoms with E-state index < -0.39 is 12.0 Å². The van der Waals surface area contributed by atoms with Crippen LogP contribution in [0.4, 0.5) is 8.78 Å². The number of aliphatic hydroxyl groups is 1. The van der Waals surface area contributed by atoms with Gasteiger partial charge < -0.3 is 0 Å². The quantitative estimate of drug-likeness (QED) is 0.831. The number of oxazole rings is 1. The molecule has 3 nitrogen and oxygen atoms in total. The Balaban J connectivity index is 2.36. The van der Waals surface area contributed by atoms with Crippen LogP contribution >= 0.6 is 0 Å². The van der Waals surface area contributed by atoms with Crippen molar-refractivity contribution in [2.75, 3.05) is 0 Å². The molecule has 1 aliphatic carbocycles. The summed E-state index contributed by atoms with van der Waals surface area (Å²) in [6.45, 7) is 0. The minimum atomic E-state index is -2.62. The zero-order valence-electron chi connectivity index (χ0n) is 7.46. The zero-order chi connectivity index (χ0) is 10.3. The van der Waals surface area contributed by atoms with Crippen molar-refractivity contribution in [1.82, 2.24) is 4.98 Å². The number of hydrogen-bond acceptors (Lipinski definition) is 3. The van der Waals surface area contributed by atoms with Crippen LogP contribution in [-0.2, 0) is 5.60 Å². The Hall–Kier alpha value is -0.451. The third kappa shape index (κ3) is 1.58. The van der Waals surface area contributed by atoms with Crippen molar-refractivity contribution < 1.29 is 18.3 Å². The molecule has 0 aromatic carbocycles. The van der Waals surface area contributed by atoms with Gasteiger partial charge in [0.2, 0.25) is 0 Å². The summed E-state index contributed by atoms with van der Waals surface area (Å²) in [6.07, 6.45) is -1.52. The van der Waals surface area contributed by atoms with Crippen molar-refractivity contribution in [3.8, 4) is 0 Å². The maximum absolute atomic E-state index is 12.4. The van der Waals surface area contributed by atoms with Gasteiger partial charge in [-0.1, -0.05) is 0 Å². The second kappa shape index (κ2) is 3.29. The molecular weight excluding hydrogens is 259 g/mol. The molecule has 14 heavy (non-hydrogen) atoms. The summed E-state index contributed by atoms with van der Waals surface area (Å²) in [5, 5.41) is 9.62. The maximum atomic E-state index is 12.4. The first kappa shape index (κ1) is 10.1. The summed E-state index contributed by atoms with van der Waals surface area (Å²) < 4.78 is 30.3. The van der Waals surface area contributed by atoms with Crippen molar-refractivity contribution in [3.05, 3.63) is 11.6 Å². The summed E-state index contributed by atoms with van der Waals surface area (Å²) in [5.41, 5.74) is -1.37. The molecule has 1 aliphatic rings. The Morgan fingerprint density at radius 2 is 2.21 bits per heavy atom. The predicted octanol–water partition coefficient (Wildman–Crippen LogP) is 0.971. The molecule has 1 N–H and O–H groups in total. The molecule has 1 aromatic rings. The molecular formula is C8H9F2NO2Se. The molecule has 6 heteroatoms. The molecule has 0 amide bonds. The van der Waals surface area contributed by atoms with Crippen LogP contribution in [0.25, 0.3) is 0 Å². The van der Waals surface area contributed by atoms with E-state index in [9.17, 15) is 13.9 Å². The number of hydrogen-bond donors (Lipinski definition) is 1. The molecule has 0 saturated heterocycles. The van der Waals surface area contributed by atoms with Gasteiger partial charge in [-0.2, -0.15) is 0 Å². The van der Waals surface area contributed by atoms with Crippen molar-refractivity contribution in [2.45, 2.75) is 30.7 Å². The Kier molecular flexibility index (Phi) is 2.37. The van der Waals surface area contributed by atoms with Gasteiger partial charge in [0.15, 0.2) is 0 Å². The molecule has 0 bridgehead atoms. The predicted molar refractivity (Wildman–Crippen MR) is 45.8 cm³/mol. The molecule has 1 aromatic heterocycles. The van der Waals surface area contributed by atoms with E-state index in [4.69, 9.17) is 4.42 Å². The number of aromatic nitrogens is 1. The van der Waals surface area contributed by atoms with Gasteiger partial charge in [-0.3, -0.25) is 0 Å². The van der Waals surface area contributed by atoms with Crippen molar-refractivity contribution >= 4 is 19.6 Å². The van der Waals surface area contributed by atoms with Gasteiger partial charge >= 0.3 is 85.2 Å². The van der Waals surface area contributed by atoms with E-state index in [2.05, 4.69) is 4.98 Å². The SMILES string of the molecule is C[Se]c1oc(C2(O)CC2)nc1C(F)F. The number of nitrogens with zero attached hydrogens (tertiary/aromatic N) is 1. The van der Waals surface area contributed by atoms with Crippen LogP contribution in [0.15, 0.2) is 4.42 Å². The number of rotatable bonds is 3. The van der Waals surface area contributed by atoms with Crippen LogP contribution in [0.2, 0.25) is 5.82 Å². The van der Waals surface area contributed by atoms with Gasteiger partial charge in [-0.25, -0.2) is 0 Å². The van der Waals surface area contributed by atoms with Gasteiger partial charge in [0.1, 0.15) is 0 Å². The van der Waals surface area contributed by atoms with Gasteiger partial charge in [-0.15, -0.1) is 0 Å². The zero-order valence-corrected chi connectivity index (χ0v) is 9.17. The van der Waals surface area contributed by atoms with E-state index >= 15 is 0 Å². The topological polar surface area (TPSA) is 46.3 Å². The first-order valence-corrected chi connectivity index (χ1v) is 6.69. The van der Waals surface area contributed by atoms with E-state index in [1.807, 2.05) is 0 Å². The molecule has 0 spiro atoms. The third-order valence-electron chi connectivity index (χ3n) is 2.13. The van der Waals surface area contributed by atoms with Gasteiger partial charge in [0, 0.05) is 0 Å². The Labute approximate surface area is 85.7 Å². The average molecular weight is 268 g/mol. The summed E-state index contributed by atoms with van der Waals surface area (Å²) in [7, 11) is 0. The standard InChI is InChI=1S/C8H9F2NO2Se/c1-14-6-4(5(9)10)11-7(13-6)8(12)2-3-8/h5,12H,2-3H2,1H3. The second-order valence-corrected chi connectivity index (χ2v) is 4.86. The van der Waals surface area contributed by atoms with Crippen molar-refractivity contribution in [3.63, 3.8) is 0 Å². The van der Waals surface area contributed by atoms with Crippen LogP contribution in [-0.4, -0.2) is 25.0 Å². The van der Waals surface area contributed by atoms with E-state index in [-0.39, 0.29) is 31.2 Å². The normalized spacial score (nSPS) is 18.9. The summed E-state index contributed by atoms with van der Waals surface area (Å²) in [5.74, 6) is 1.84. The fourth-order valence-electron chi connectivity index (χ4n) is 1.13. The molecule has 2 rings (SSSR count). The Bertz CT molecular complexity index is 349. The molecule has 0 atom stereocenters. The number of alkyl halides is 2. The molecule has 0 aliphatic heterocycles. The fraction of sp³-hybridized carbons (Fsp3) is 0.625. The average Bonchev–Trinajstić information content (AvgIpc) is 2.74. The monoisotopic (exact) mass is 269 g/mol. The summed E-state index contributed by atoms with van der Waals surface area (Å²) in [6, 6.07) is 0. The Morgan fingerprint density at radius 1 is 1.57 bits per heavy atom. The van der Waals surface area contributed by atoms with Gasteiger partial charge in [0.25, 0.3) is 0 Å². The molecule has 0 radical (unpaired) electrons.